The molecule has 0 spiro atoms. The molecule has 0 saturated carbocycles. The van der Waals surface area contributed by atoms with Crippen molar-refractivity contribution in [1.29, 1.82) is 0 Å². The Morgan fingerprint density at radius 3 is 3.00 bits per heavy atom. The van der Waals surface area contributed by atoms with E-state index >= 15 is 0 Å². The number of aryl methyl sites for hydroxylation is 1. The Morgan fingerprint density at radius 2 is 2.54 bits per heavy atom. The van der Waals surface area contributed by atoms with E-state index < -0.39 is 12.0 Å². The van der Waals surface area contributed by atoms with E-state index in [2.05, 4.69) is 5.10 Å². The SMILES string of the molecule is CCOC(=O)C(N)c1ccnn1C. The van der Waals surface area contributed by atoms with E-state index in [1.807, 2.05) is 0 Å². The summed E-state index contributed by atoms with van der Waals surface area (Å²) in [7, 11) is 1.73. The Labute approximate surface area is 76.5 Å². The summed E-state index contributed by atoms with van der Waals surface area (Å²) < 4.78 is 6.33. The molecule has 0 aliphatic carbocycles. The minimum atomic E-state index is -0.743. The topological polar surface area (TPSA) is 70.1 Å². The summed E-state index contributed by atoms with van der Waals surface area (Å²) in [5, 5.41) is 3.91. The number of ether oxygens (including phenoxy) is 1. The molecule has 1 aromatic heterocycles. The van der Waals surface area contributed by atoms with E-state index in [9.17, 15) is 4.79 Å². The molecule has 0 aliphatic heterocycles. The predicted molar refractivity (Wildman–Crippen MR) is 46.8 cm³/mol. The van der Waals surface area contributed by atoms with Gasteiger partial charge in [0.1, 0.15) is 6.04 Å². The molecular formula is C8H13N3O2. The summed E-state index contributed by atoms with van der Waals surface area (Å²) in [6, 6.07) is 0.953. The molecule has 1 unspecified atom stereocenters. The van der Waals surface area contributed by atoms with Gasteiger partial charge in [-0.2, -0.15) is 5.10 Å². The second-order valence-electron chi connectivity index (χ2n) is 2.61. The first kappa shape index (κ1) is 9.73. The van der Waals surface area contributed by atoms with Crippen molar-refractivity contribution >= 4 is 5.97 Å². The maximum absolute atomic E-state index is 11.2. The van der Waals surface area contributed by atoms with E-state index in [4.69, 9.17) is 10.5 Å². The van der Waals surface area contributed by atoms with Gasteiger partial charge in [0.25, 0.3) is 0 Å². The van der Waals surface area contributed by atoms with E-state index in [1.165, 1.54) is 0 Å². The van der Waals surface area contributed by atoms with Crippen molar-refractivity contribution < 1.29 is 9.53 Å². The number of aromatic nitrogens is 2. The molecule has 0 aliphatic rings. The van der Waals surface area contributed by atoms with Gasteiger partial charge in [0.05, 0.1) is 12.3 Å². The molecule has 5 nitrogen and oxygen atoms in total. The zero-order chi connectivity index (χ0) is 9.84. The Hall–Kier alpha value is -1.36. The van der Waals surface area contributed by atoms with Crippen molar-refractivity contribution in [3.8, 4) is 0 Å². The summed E-state index contributed by atoms with van der Waals surface area (Å²) in [6.07, 6.45) is 1.59. The molecule has 72 valence electrons. The molecule has 0 radical (unpaired) electrons. The molecule has 1 heterocycles. The molecule has 1 aromatic rings. The van der Waals surface area contributed by atoms with E-state index in [-0.39, 0.29) is 0 Å². The number of esters is 1. The molecule has 0 amide bonds. The maximum atomic E-state index is 11.2. The van der Waals surface area contributed by atoms with Crippen LogP contribution in [-0.2, 0) is 16.6 Å². The van der Waals surface area contributed by atoms with Gasteiger partial charge in [0, 0.05) is 13.2 Å². The standard InChI is InChI=1S/C8H13N3O2/c1-3-13-8(12)7(9)6-4-5-10-11(6)2/h4-5,7H,3,9H2,1-2H3. The third kappa shape index (κ3) is 2.06. The number of nitrogens with zero attached hydrogens (tertiary/aromatic N) is 2. The van der Waals surface area contributed by atoms with Crippen LogP contribution in [-0.4, -0.2) is 22.4 Å². The Bertz CT molecular complexity index is 295. The minimum absolute atomic E-state index is 0.338. The molecule has 2 N–H and O–H groups in total. The third-order valence-electron chi connectivity index (χ3n) is 1.72. The lowest BCUT2D eigenvalue weighted by Crippen LogP contribution is -2.25. The van der Waals surface area contributed by atoms with Crippen LogP contribution in [0.2, 0.25) is 0 Å². The second kappa shape index (κ2) is 4.04. The Kier molecular flexibility index (Phi) is 3.02. The van der Waals surface area contributed by atoms with Gasteiger partial charge < -0.3 is 10.5 Å². The highest BCUT2D eigenvalue weighted by Gasteiger charge is 2.19. The summed E-state index contributed by atoms with van der Waals surface area (Å²) >= 11 is 0. The first-order valence-corrected chi connectivity index (χ1v) is 4.07. The highest BCUT2D eigenvalue weighted by atomic mass is 16.5. The predicted octanol–water partition coefficient (Wildman–Crippen LogP) is -0.0170. The highest BCUT2D eigenvalue weighted by molar-refractivity contribution is 5.76. The number of nitrogens with two attached hydrogens (primary N) is 1. The molecule has 0 saturated heterocycles. The summed E-state index contributed by atoms with van der Waals surface area (Å²) in [5.41, 5.74) is 6.29. The molecule has 0 aromatic carbocycles. The molecule has 1 atom stereocenters. The second-order valence-corrected chi connectivity index (χ2v) is 2.61. The van der Waals surface area contributed by atoms with Crippen LogP contribution in [0.1, 0.15) is 18.7 Å². The van der Waals surface area contributed by atoms with Gasteiger partial charge in [-0.25, -0.2) is 4.79 Å². The molecule has 0 bridgehead atoms. The van der Waals surface area contributed by atoms with Crippen molar-refractivity contribution in [2.24, 2.45) is 12.8 Å². The number of carbonyl (C=O) groups is 1. The van der Waals surface area contributed by atoms with Crippen LogP contribution >= 0.6 is 0 Å². The first-order chi connectivity index (χ1) is 6.16. The van der Waals surface area contributed by atoms with Crippen LogP contribution in [0.15, 0.2) is 12.3 Å². The zero-order valence-electron chi connectivity index (χ0n) is 7.73. The van der Waals surface area contributed by atoms with Gasteiger partial charge in [-0.15, -0.1) is 0 Å². The van der Waals surface area contributed by atoms with Crippen LogP contribution in [0.3, 0.4) is 0 Å². The van der Waals surface area contributed by atoms with E-state index in [0.29, 0.717) is 12.3 Å². The molecular weight excluding hydrogens is 170 g/mol. The van der Waals surface area contributed by atoms with Crippen molar-refractivity contribution in [3.05, 3.63) is 18.0 Å². The Balaban J connectivity index is 2.73. The normalized spacial score (nSPS) is 12.5. The van der Waals surface area contributed by atoms with Gasteiger partial charge in [-0.3, -0.25) is 4.68 Å². The van der Waals surface area contributed by atoms with Crippen molar-refractivity contribution in [1.82, 2.24) is 9.78 Å². The van der Waals surface area contributed by atoms with Gasteiger partial charge in [0.15, 0.2) is 0 Å². The highest BCUT2D eigenvalue weighted by Crippen LogP contribution is 2.09. The minimum Gasteiger partial charge on any atom is -0.465 e. The molecule has 13 heavy (non-hydrogen) atoms. The monoisotopic (exact) mass is 183 g/mol. The number of carbonyl (C=O) groups excluding carboxylic acids is 1. The van der Waals surface area contributed by atoms with Gasteiger partial charge in [-0.05, 0) is 13.0 Å². The first-order valence-electron chi connectivity index (χ1n) is 4.07. The van der Waals surface area contributed by atoms with Gasteiger partial charge in [-0.1, -0.05) is 0 Å². The maximum Gasteiger partial charge on any atom is 0.329 e. The lowest BCUT2D eigenvalue weighted by molar-refractivity contribution is -0.145. The summed E-state index contributed by atoms with van der Waals surface area (Å²) in [6.45, 7) is 2.08. The van der Waals surface area contributed by atoms with Crippen molar-refractivity contribution in [2.75, 3.05) is 6.61 Å². The van der Waals surface area contributed by atoms with Crippen molar-refractivity contribution in [3.63, 3.8) is 0 Å². The zero-order valence-corrected chi connectivity index (χ0v) is 7.73. The van der Waals surface area contributed by atoms with Crippen LogP contribution in [0.25, 0.3) is 0 Å². The fourth-order valence-corrected chi connectivity index (χ4v) is 1.04. The lowest BCUT2D eigenvalue weighted by Gasteiger charge is -2.10. The Morgan fingerprint density at radius 1 is 1.85 bits per heavy atom. The molecule has 5 heteroatoms. The smallest absolute Gasteiger partial charge is 0.329 e. The number of hydrogen-bond acceptors (Lipinski definition) is 4. The molecule has 0 fully saturated rings. The van der Waals surface area contributed by atoms with Crippen LogP contribution < -0.4 is 5.73 Å². The van der Waals surface area contributed by atoms with Crippen LogP contribution in [0.4, 0.5) is 0 Å². The lowest BCUT2D eigenvalue weighted by atomic mass is 10.2. The van der Waals surface area contributed by atoms with Crippen LogP contribution in [0.5, 0.6) is 0 Å². The van der Waals surface area contributed by atoms with Crippen molar-refractivity contribution in [2.45, 2.75) is 13.0 Å². The van der Waals surface area contributed by atoms with E-state index in [1.54, 1.807) is 30.9 Å². The molecule has 1 rings (SSSR count). The van der Waals surface area contributed by atoms with E-state index in [0.717, 1.165) is 0 Å². The fraction of sp³-hybridized carbons (Fsp3) is 0.500. The fourth-order valence-electron chi connectivity index (χ4n) is 1.04. The average molecular weight is 183 g/mol. The third-order valence-corrected chi connectivity index (χ3v) is 1.72. The van der Waals surface area contributed by atoms with Gasteiger partial charge in [0.2, 0.25) is 0 Å². The average Bonchev–Trinajstić information content (AvgIpc) is 2.50. The summed E-state index contributed by atoms with van der Waals surface area (Å²) in [4.78, 5) is 11.2. The number of hydrogen-bond donors (Lipinski definition) is 1. The largest absolute Gasteiger partial charge is 0.465 e. The summed E-state index contributed by atoms with van der Waals surface area (Å²) in [5.74, 6) is -0.425. The van der Waals surface area contributed by atoms with Crippen LogP contribution in [0, 0.1) is 0 Å². The quantitative estimate of drug-likeness (QED) is 0.669. The van der Waals surface area contributed by atoms with Gasteiger partial charge >= 0.3 is 5.97 Å². The number of rotatable bonds is 3.